The smallest absolute Gasteiger partial charge is 0.410 e. The van der Waals surface area contributed by atoms with E-state index in [1.54, 1.807) is 35.2 Å². The van der Waals surface area contributed by atoms with E-state index < -0.39 is 11.6 Å². The lowest BCUT2D eigenvalue weighted by molar-refractivity contribution is 0.0107. The van der Waals surface area contributed by atoms with Gasteiger partial charge in [0.1, 0.15) is 23.6 Å². The number of benzene rings is 3. The van der Waals surface area contributed by atoms with Crippen molar-refractivity contribution in [1.82, 2.24) is 9.62 Å². The summed E-state index contributed by atoms with van der Waals surface area (Å²) in [6.07, 6.45) is 1.03. The maximum atomic E-state index is 14.0. The van der Waals surface area contributed by atoms with Gasteiger partial charge in [0.15, 0.2) is 0 Å². The van der Waals surface area contributed by atoms with Gasteiger partial charge in [-0.2, -0.15) is 0 Å². The highest BCUT2D eigenvalue weighted by molar-refractivity contribution is 7.95. The van der Waals surface area contributed by atoms with Crippen LogP contribution in [0.1, 0.15) is 31.4 Å². The molecule has 0 saturated carbocycles. The molecule has 1 aliphatic rings. The Bertz CT molecular complexity index is 1090. The molecule has 1 fully saturated rings. The molecule has 9 heteroatoms. The highest BCUT2D eigenvalue weighted by Gasteiger charge is 2.30. The van der Waals surface area contributed by atoms with Gasteiger partial charge in [0.25, 0.3) is 0 Å². The predicted octanol–water partition coefficient (Wildman–Crippen LogP) is 6.23. The molecule has 1 amide bonds. The third kappa shape index (κ3) is 7.74. The molecule has 0 aromatic heterocycles. The zero-order valence-corrected chi connectivity index (χ0v) is 20.1. The number of nitrogens with one attached hydrogen (secondary N) is 1. The molecule has 5 nitrogen and oxygen atoms in total. The second kappa shape index (κ2) is 13.2. The number of hydrogen-bond acceptors (Lipinski definition) is 5. The molecule has 2 atom stereocenters. The van der Waals surface area contributed by atoms with Crippen molar-refractivity contribution in [3.05, 3.63) is 95.8 Å². The largest absolute Gasteiger partial charge is 0.446 e. The molecule has 1 aliphatic heterocycles. The van der Waals surface area contributed by atoms with Crippen molar-refractivity contribution in [1.29, 1.82) is 0 Å². The van der Waals surface area contributed by atoms with Crippen LogP contribution in [0.2, 0.25) is 0 Å². The van der Waals surface area contributed by atoms with E-state index in [1.807, 2.05) is 19.1 Å². The fourth-order valence-electron chi connectivity index (χ4n) is 3.74. The summed E-state index contributed by atoms with van der Waals surface area (Å²) >= 11 is 1.05. The van der Waals surface area contributed by atoms with Crippen LogP contribution in [0.5, 0.6) is 0 Å². The Morgan fingerprint density at radius 1 is 1.06 bits per heavy atom. The maximum absolute atomic E-state index is 14.0. The summed E-state index contributed by atoms with van der Waals surface area (Å²) in [7, 11) is 0. The molecule has 1 heterocycles. The van der Waals surface area contributed by atoms with Crippen molar-refractivity contribution in [2.45, 2.75) is 31.9 Å². The first-order valence-corrected chi connectivity index (χ1v) is 12.1. The summed E-state index contributed by atoms with van der Waals surface area (Å²) in [5, 5.41) is 5.31. The standard InChI is InChI=1S/C20H23F2N3O2S.C6H5F/c1-13(25-11-9-17(27-20(25)26)8-10-24-28-23)14-2-4-15(5-3-14)18-7-6-16(21)12-19(18)22;7-6-4-2-1-3-5-6/h2-7,12-13,17,24H,8-11,23H2,1H3;1-5H. The van der Waals surface area contributed by atoms with E-state index in [0.29, 0.717) is 24.2 Å². The number of cyclic esters (lactones) is 1. The van der Waals surface area contributed by atoms with Crippen molar-refractivity contribution >= 4 is 18.2 Å². The van der Waals surface area contributed by atoms with Crippen LogP contribution >= 0.6 is 12.1 Å². The Kier molecular flexibility index (Phi) is 10.0. The number of rotatable bonds is 7. The molecule has 0 spiro atoms. The van der Waals surface area contributed by atoms with Gasteiger partial charge in [-0.25, -0.2) is 18.0 Å². The summed E-state index contributed by atoms with van der Waals surface area (Å²) in [6.45, 7) is 3.21. The molecule has 3 aromatic rings. The van der Waals surface area contributed by atoms with Crippen molar-refractivity contribution < 1.29 is 22.7 Å². The van der Waals surface area contributed by atoms with Crippen LogP contribution in [-0.2, 0) is 4.74 Å². The van der Waals surface area contributed by atoms with Crippen molar-refractivity contribution in [2.75, 3.05) is 13.1 Å². The highest BCUT2D eigenvalue weighted by Crippen LogP contribution is 2.29. The van der Waals surface area contributed by atoms with E-state index in [4.69, 9.17) is 9.88 Å². The summed E-state index contributed by atoms with van der Waals surface area (Å²) in [5.41, 5.74) is 1.91. The normalized spacial score (nSPS) is 16.2. The second-order valence-corrected chi connectivity index (χ2v) is 8.53. The fourth-order valence-corrected chi connectivity index (χ4v) is 3.97. The lowest BCUT2D eigenvalue weighted by Gasteiger charge is -2.36. The molecule has 0 aliphatic carbocycles. The average molecular weight is 504 g/mol. The monoisotopic (exact) mass is 503 g/mol. The molecule has 3 aromatic carbocycles. The summed E-state index contributed by atoms with van der Waals surface area (Å²) in [6, 6.07) is 18.5. The average Bonchev–Trinajstić information content (AvgIpc) is 2.85. The molecule has 2 unspecified atom stereocenters. The van der Waals surface area contributed by atoms with E-state index >= 15 is 0 Å². The Morgan fingerprint density at radius 3 is 2.34 bits per heavy atom. The molecule has 186 valence electrons. The number of nitrogens with two attached hydrogens (primary N) is 1. The maximum Gasteiger partial charge on any atom is 0.410 e. The van der Waals surface area contributed by atoms with Crippen LogP contribution < -0.4 is 9.86 Å². The number of nitrogens with zero attached hydrogens (tertiary/aromatic N) is 1. The number of hydrogen-bond donors (Lipinski definition) is 2. The van der Waals surface area contributed by atoms with E-state index in [0.717, 1.165) is 36.6 Å². The molecule has 35 heavy (non-hydrogen) atoms. The van der Waals surface area contributed by atoms with E-state index in [-0.39, 0.29) is 24.1 Å². The number of carbonyl (C=O) groups is 1. The quantitative estimate of drug-likeness (QED) is 0.296. The fraction of sp³-hybridized carbons (Fsp3) is 0.269. The number of amides is 1. The molecule has 1 saturated heterocycles. The molecule has 3 N–H and O–H groups in total. The summed E-state index contributed by atoms with van der Waals surface area (Å²) < 4.78 is 47.4. The van der Waals surface area contributed by atoms with Crippen LogP contribution in [0.4, 0.5) is 18.0 Å². The Balaban J connectivity index is 0.000000420. The van der Waals surface area contributed by atoms with Crippen LogP contribution in [0, 0.1) is 17.5 Å². The third-order valence-electron chi connectivity index (χ3n) is 5.68. The van der Waals surface area contributed by atoms with Gasteiger partial charge in [-0.15, -0.1) is 0 Å². The second-order valence-electron chi connectivity index (χ2n) is 8.01. The minimum atomic E-state index is -0.606. The molecular weight excluding hydrogens is 475 g/mol. The Labute approximate surface area is 207 Å². The molecule has 4 rings (SSSR count). The molecule has 0 bridgehead atoms. The van der Waals surface area contributed by atoms with Gasteiger partial charge in [-0.3, -0.25) is 9.86 Å². The summed E-state index contributed by atoms with van der Waals surface area (Å²) in [5.74, 6) is -1.39. The van der Waals surface area contributed by atoms with Crippen molar-refractivity contribution in [3.63, 3.8) is 0 Å². The van der Waals surface area contributed by atoms with Crippen LogP contribution in [0.3, 0.4) is 0 Å². The lowest BCUT2D eigenvalue weighted by atomic mass is 10.00. The van der Waals surface area contributed by atoms with Gasteiger partial charge < -0.3 is 9.64 Å². The van der Waals surface area contributed by atoms with Crippen LogP contribution in [-0.4, -0.2) is 30.2 Å². The summed E-state index contributed by atoms with van der Waals surface area (Å²) in [4.78, 5) is 14.1. The van der Waals surface area contributed by atoms with Crippen LogP contribution in [0.25, 0.3) is 11.1 Å². The van der Waals surface area contributed by atoms with Gasteiger partial charge in [-0.1, -0.05) is 42.5 Å². The molecular formula is C26H28F3N3O2S. The predicted molar refractivity (Wildman–Crippen MR) is 133 cm³/mol. The minimum Gasteiger partial charge on any atom is -0.446 e. The van der Waals surface area contributed by atoms with Gasteiger partial charge in [0.05, 0.1) is 6.04 Å². The van der Waals surface area contributed by atoms with Crippen molar-refractivity contribution in [2.24, 2.45) is 5.14 Å². The number of halogens is 3. The highest BCUT2D eigenvalue weighted by atomic mass is 32.2. The van der Waals surface area contributed by atoms with E-state index in [9.17, 15) is 18.0 Å². The Morgan fingerprint density at radius 2 is 1.77 bits per heavy atom. The van der Waals surface area contributed by atoms with Gasteiger partial charge in [0.2, 0.25) is 0 Å². The van der Waals surface area contributed by atoms with Crippen LogP contribution in [0.15, 0.2) is 72.8 Å². The first kappa shape index (κ1) is 26.6. The third-order valence-corrected chi connectivity index (χ3v) is 6.05. The van der Waals surface area contributed by atoms with E-state index in [2.05, 4.69) is 4.72 Å². The number of carbonyl (C=O) groups excluding carboxylic acids is 1. The molecule has 0 radical (unpaired) electrons. The SMILES string of the molecule is CC(c1ccc(-c2ccc(F)cc2F)cc1)N1CCC(CCNSN)OC1=O.Fc1ccccc1. The first-order chi connectivity index (χ1) is 16.9. The van der Waals surface area contributed by atoms with Gasteiger partial charge in [-0.05, 0) is 48.7 Å². The zero-order chi connectivity index (χ0) is 25.2. The van der Waals surface area contributed by atoms with Gasteiger partial charge in [0, 0.05) is 43.3 Å². The zero-order valence-electron chi connectivity index (χ0n) is 19.3. The lowest BCUT2D eigenvalue weighted by Crippen LogP contribution is -2.43. The Hall–Kier alpha value is -3.01. The van der Waals surface area contributed by atoms with Gasteiger partial charge >= 0.3 is 6.09 Å². The number of ether oxygens (including phenoxy) is 1. The topological polar surface area (TPSA) is 67.6 Å². The minimum absolute atomic E-state index is 0.112. The van der Waals surface area contributed by atoms with E-state index in [1.165, 1.54) is 24.3 Å². The first-order valence-electron chi connectivity index (χ1n) is 11.2. The van der Waals surface area contributed by atoms with Crippen molar-refractivity contribution in [3.8, 4) is 11.1 Å².